The quantitative estimate of drug-likeness (QED) is 0.644. The zero-order valence-corrected chi connectivity index (χ0v) is 10.6. The lowest BCUT2D eigenvalue weighted by Gasteiger charge is -1.95. The lowest BCUT2D eigenvalue weighted by atomic mass is 10.2. The van der Waals surface area contributed by atoms with Crippen LogP contribution in [-0.2, 0) is 0 Å². The summed E-state index contributed by atoms with van der Waals surface area (Å²) in [5.41, 5.74) is 2.51. The molecule has 0 saturated heterocycles. The Morgan fingerprint density at radius 3 is 2.59 bits per heavy atom. The maximum atomic E-state index is 5.70. The van der Waals surface area contributed by atoms with E-state index >= 15 is 0 Å². The number of benzene rings is 2. The standard InChI is InChI=1S/C13H9NOS2/c16-9-3-1-2-8(6-9)13-14-11-5-4-10(17)7-12(11)15-13/h1-7,16-17H. The SMILES string of the molecule is Sc1cccc(-c2nc3ccc(S)cc3o2)c1. The van der Waals surface area contributed by atoms with Gasteiger partial charge in [-0.15, -0.1) is 25.3 Å². The summed E-state index contributed by atoms with van der Waals surface area (Å²) in [4.78, 5) is 6.18. The van der Waals surface area contributed by atoms with Crippen molar-refractivity contribution in [2.75, 3.05) is 0 Å². The first-order chi connectivity index (χ1) is 8.22. The van der Waals surface area contributed by atoms with Crippen molar-refractivity contribution in [2.45, 2.75) is 9.79 Å². The summed E-state index contributed by atoms with van der Waals surface area (Å²) in [7, 11) is 0. The molecule has 0 amide bonds. The largest absolute Gasteiger partial charge is 0.436 e. The third kappa shape index (κ3) is 2.06. The van der Waals surface area contributed by atoms with Gasteiger partial charge in [-0.25, -0.2) is 4.98 Å². The Kier molecular flexibility index (Phi) is 2.61. The predicted octanol–water partition coefficient (Wildman–Crippen LogP) is 4.07. The van der Waals surface area contributed by atoms with Gasteiger partial charge in [-0.1, -0.05) is 6.07 Å². The monoisotopic (exact) mass is 259 g/mol. The van der Waals surface area contributed by atoms with Crippen molar-refractivity contribution in [1.29, 1.82) is 0 Å². The summed E-state index contributed by atoms with van der Waals surface area (Å²) in [6.45, 7) is 0. The van der Waals surface area contributed by atoms with E-state index in [2.05, 4.69) is 30.2 Å². The van der Waals surface area contributed by atoms with E-state index in [1.807, 2.05) is 42.5 Å². The highest BCUT2D eigenvalue weighted by Gasteiger charge is 2.08. The summed E-state index contributed by atoms with van der Waals surface area (Å²) in [5, 5.41) is 0. The van der Waals surface area contributed by atoms with Gasteiger partial charge < -0.3 is 4.42 Å². The van der Waals surface area contributed by atoms with E-state index in [0.29, 0.717) is 5.89 Å². The molecule has 1 aromatic heterocycles. The average Bonchev–Trinajstić information content (AvgIpc) is 2.72. The van der Waals surface area contributed by atoms with Crippen molar-refractivity contribution in [2.24, 2.45) is 0 Å². The molecule has 84 valence electrons. The van der Waals surface area contributed by atoms with E-state index in [1.165, 1.54) is 0 Å². The number of thiol groups is 2. The normalized spacial score (nSPS) is 10.9. The van der Waals surface area contributed by atoms with Crippen LogP contribution in [0.25, 0.3) is 22.6 Å². The van der Waals surface area contributed by atoms with Crippen LogP contribution in [0.15, 0.2) is 56.7 Å². The predicted molar refractivity (Wildman–Crippen MR) is 73.9 cm³/mol. The van der Waals surface area contributed by atoms with E-state index in [0.717, 1.165) is 26.5 Å². The van der Waals surface area contributed by atoms with Crippen LogP contribution in [0, 0.1) is 0 Å². The molecule has 0 atom stereocenters. The number of rotatable bonds is 1. The second-order valence-electron chi connectivity index (χ2n) is 3.72. The minimum atomic E-state index is 0.606. The number of fused-ring (bicyclic) bond motifs is 1. The maximum Gasteiger partial charge on any atom is 0.227 e. The van der Waals surface area contributed by atoms with Gasteiger partial charge in [0.15, 0.2) is 5.58 Å². The van der Waals surface area contributed by atoms with Crippen molar-refractivity contribution in [1.82, 2.24) is 4.98 Å². The van der Waals surface area contributed by atoms with Gasteiger partial charge in [-0.2, -0.15) is 0 Å². The van der Waals surface area contributed by atoms with Crippen molar-refractivity contribution < 1.29 is 4.42 Å². The number of oxazole rings is 1. The van der Waals surface area contributed by atoms with Crippen LogP contribution >= 0.6 is 25.3 Å². The fraction of sp³-hybridized carbons (Fsp3) is 0. The Hall–Kier alpha value is -1.39. The first-order valence-electron chi connectivity index (χ1n) is 5.11. The highest BCUT2D eigenvalue weighted by molar-refractivity contribution is 7.80. The molecule has 17 heavy (non-hydrogen) atoms. The lowest BCUT2D eigenvalue weighted by Crippen LogP contribution is -1.76. The molecule has 0 spiro atoms. The molecule has 3 aromatic rings. The van der Waals surface area contributed by atoms with Crippen molar-refractivity contribution in [3.63, 3.8) is 0 Å². The summed E-state index contributed by atoms with van der Waals surface area (Å²) in [6.07, 6.45) is 0. The van der Waals surface area contributed by atoms with Crippen LogP contribution in [-0.4, -0.2) is 4.98 Å². The second-order valence-corrected chi connectivity index (χ2v) is 4.75. The molecule has 0 bridgehead atoms. The summed E-state index contributed by atoms with van der Waals surface area (Å²) in [5.74, 6) is 0.606. The van der Waals surface area contributed by atoms with Crippen LogP contribution < -0.4 is 0 Å². The van der Waals surface area contributed by atoms with Crippen LogP contribution in [0.4, 0.5) is 0 Å². The molecule has 0 aliphatic rings. The van der Waals surface area contributed by atoms with Crippen LogP contribution in [0.2, 0.25) is 0 Å². The number of hydrogen-bond acceptors (Lipinski definition) is 4. The fourth-order valence-electron chi connectivity index (χ4n) is 1.68. The fourth-order valence-corrected chi connectivity index (χ4v) is 2.09. The van der Waals surface area contributed by atoms with Gasteiger partial charge in [0.05, 0.1) is 0 Å². The molecule has 1 heterocycles. The van der Waals surface area contributed by atoms with Gasteiger partial charge in [0.2, 0.25) is 5.89 Å². The van der Waals surface area contributed by atoms with Crippen molar-refractivity contribution in [3.05, 3.63) is 42.5 Å². The summed E-state index contributed by atoms with van der Waals surface area (Å²) in [6, 6.07) is 13.4. The number of aromatic nitrogens is 1. The molecule has 0 unspecified atom stereocenters. The van der Waals surface area contributed by atoms with E-state index in [1.54, 1.807) is 0 Å². The molecular formula is C13H9NOS2. The minimum Gasteiger partial charge on any atom is -0.436 e. The maximum absolute atomic E-state index is 5.70. The van der Waals surface area contributed by atoms with Crippen LogP contribution in [0.1, 0.15) is 0 Å². The van der Waals surface area contributed by atoms with E-state index in [9.17, 15) is 0 Å². The van der Waals surface area contributed by atoms with Gasteiger partial charge >= 0.3 is 0 Å². The van der Waals surface area contributed by atoms with Gasteiger partial charge in [0.25, 0.3) is 0 Å². The Morgan fingerprint density at radius 1 is 0.941 bits per heavy atom. The van der Waals surface area contributed by atoms with Crippen molar-refractivity contribution >= 4 is 36.4 Å². The van der Waals surface area contributed by atoms with Crippen molar-refractivity contribution in [3.8, 4) is 11.5 Å². The van der Waals surface area contributed by atoms with Gasteiger partial charge in [0.1, 0.15) is 5.52 Å². The third-order valence-electron chi connectivity index (χ3n) is 2.47. The summed E-state index contributed by atoms with van der Waals surface area (Å²) < 4.78 is 5.70. The van der Waals surface area contributed by atoms with Gasteiger partial charge in [-0.05, 0) is 36.4 Å². The van der Waals surface area contributed by atoms with Crippen LogP contribution in [0.3, 0.4) is 0 Å². The molecular weight excluding hydrogens is 250 g/mol. The molecule has 0 aliphatic carbocycles. The number of nitrogens with zero attached hydrogens (tertiary/aromatic N) is 1. The lowest BCUT2D eigenvalue weighted by molar-refractivity contribution is 0.619. The third-order valence-corrected chi connectivity index (χ3v) is 3.02. The Morgan fingerprint density at radius 2 is 1.76 bits per heavy atom. The van der Waals surface area contributed by atoms with E-state index < -0.39 is 0 Å². The zero-order valence-electron chi connectivity index (χ0n) is 8.79. The Balaban J connectivity index is 2.18. The minimum absolute atomic E-state index is 0.606. The smallest absolute Gasteiger partial charge is 0.227 e. The van der Waals surface area contributed by atoms with Gasteiger partial charge in [0, 0.05) is 15.4 Å². The average molecular weight is 259 g/mol. The second kappa shape index (κ2) is 4.13. The molecule has 0 radical (unpaired) electrons. The topological polar surface area (TPSA) is 26.0 Å². The van der Waals surface area contributed by atoms with E-state index in [4.69, 9.17) is 4.42 Å². The van der Waals surface area contributed by atoms with Gasteiger partial charge in [-0.3, -0.25) is 0 Å². The molecule has 3 rings (SSSR count). The molecule has 0 N–H and O–H groups in total. The highest BCUT2D eigenvalue weighted by Crippen LogP contribution is 2.26. The Bertz CT molecular complexity index is 691. The Labute approximate surface area is 109 Å². The molecule has 0 fully saturated rings. The molecule has 0 saturated carbocycles. The number of hydrogen-bond donors (Lipinski definition) is 2. The molecule has 2 aromatic carbocycles. The first-order valence-corrected chi connectivity index (χ1v) is 6.01. The van der Waals surface area contributed by atoms with E-state index in [-0.39, 0.29) is 0 Å². The highest BCUT2D eigenvalue weighted by atomic mass is 32.1. The molecule has 4 heteroatoms. The molecule has 0 aliphatic heterocycles. The first kappa shape index (κ1) is 10.7. The zero-order chi connectivity index (χ0) is 11.8. The van der Waals surface area contributed by atoms with Crippen LogP contribution in [0.5, 0.6) is 0 Å². The summed E-state index contributed by atoms with van der Waals surface area (Å²) >= 11 is 8.58. The molecule has 2 nitrogen and oxygen atoms in total.